The summed E-state index contributed by atoms with van der Waals surface area (Å²) < 4.78 is 0. The molecule has 0 bridgehead atoms. The van der Waals surface area contributed by atoms with Gasteiger partial charge >= 0.3 is 174 Å². The molecule has 0 aliphatic rings. The molecule has 0 aliphatic heterocycles. The van der Waals surface area contributed by atoms with Crippen molar-refractivity contribution in [3.8, 4) is 0 Å². The summed E-state index contributed by atoms with van der Waals surface area (Å²) in [6, 6.07) is 36.8. The van der Waals surface area contributed by atoms with Gasteiger partial charge in [-0.3, -0.25) is 0 Å². The third-order valence-electron chi connectivity index (χ3n) is 5.27. The summed E-state index contributed by atoms with van der Waals surface area (Å²) in [5.41, 5.74) is 0.0460. The van der Waals surface area contributed by atoms with E-state index in [2.05, 4.69) is 0 Å². The molecule has 0 atom stereocenters. The van der Waals surface area contributed by atoms with Crippen LogP contribution in [-0.2, 0) is 0 Å². The van der Waals surface area contributed by atoms with Crippen LogP contribution in [0.1, 0.15) is 0 Å². The van der Waals surface area contributed by atoms with Crippen molar-refractivity contribution in [2.45, 2.75) is 0 Å². The van der Waals surface area contributed by atoms with Gasteiger partial charge in [0, 0.05) is 0 Å². The van der Waals surface area contributed by atoms with Crippen molar-refractivity contribution in [1.82, 2.24) is 0 Å². The van der Waals surface area contributed by atoms with E-state index >= 15 is 0 Å². The van der Waals surface area contributed by atoms with Crippen LogP contribution in [0.4, 0.5) is 5.69 Å². The molecule has 0 fully saturated rings. The van der Waals surface area contributed by atoms with Crippen LogP contribution in [0.3, 0.4) is 0 Å². The predicted molar refractivity (Wildman–Crippen MR) is 124 cm³/mol. The second-order valence-electron chi connectivity index (χ2n) is 6.79. The Hall–Kier alpha value is -3.00. The quantitative estimate of drug-likeness (QED) is 0.262. The molecule has 0 amide bonds. The monoisotopic (exact) mass is 419 g/mol. The third kappa shape index (κ3) is 2.95. The number of nitro benzene ring substituents is 1. The van der Waals surface area contributed by atoms with E-state index in [1.165, 1.54) is 12.1 Å². The molecule has 5 heteroatoms. The average molecular weight is 420 g/mol. The van der Waals surface area contributed by atoms with Crippen molar-refractivity contribution in [1.29, 1.82) is 0 Å². The van der Waals surface area contributed by atoms with Crippen LogP contribution in [0.15, 0.2) is 115 Å². The Kier molecular flexibility index (Phi) is 4.96. The van der Waals surface area contributed by atoms with Gasteiger partial charge in [-0.05, 0) is 0 Å². The second kappa shape index (κ2) is 7.44. The summed E-state index contributed by atoms with van der Waals surface area (Å²) in [5.74, 6) is -3.63. The minimum atomic E-state index is -3.63. The van der Waals surface area contributed by atoms with Crippen LogP contribution >= 0.6 is 17.2 Å². The van der Waals surface area contributed by atoms with E-state index in [9.17, 15) is 10.1 Å². The molecule has 3 nitrogen and oxygen atoms in total. The van der Waals surface area contributed by atoms with E-state index in [-0.39, 0.29) is 10.6 Å². The fraction of sp³-hybridized carbons (Fsp3) is 0. The number of benzene rings is 4. The first kappa shape index (κ1) is 19.3. The Morgan fingerprint density at radius 3 is 1.17 bits per heavy atom. The van der Waals surface area contributed by atoms with Crippen molar-refractivity contribution in [2.75, 3.05) is 0 Å². The van der Waals surface area contributed by atoms with Crippen LogP contribution in [0, 0.1) is 10.1 Å². The number of non-ortho nitro benzene ring substituents is 1. The first-order valence-electron chi connectivity index (χ1n) is 9.21. The van der Waals surface area contributed by atoms with Crippen LogP contribution in [0.2, 0.25) is 0 Å². The van der Waals surface area contributed by atoms with Gasteiger partial charge < -0.3 is 0 Å². The first-order chi connectivity index (χ1) is 14.1. The molecule has 0 saturated heterocycles. The Bertz CT molecular complexity index is 1030. The van der Waals surface area contributed by atoms with Crippen LogP contribution < -0.4 is 21.2 Å². The maximum absolute atomic E-state index is 11.2. The van der Waals surface area contributed by atoms with Crippen LogP contribution in [0.5, 0.6) is 0 Å². The van der Waals surface area contributed by atoms with E-state index in [0.717, 1.165) is 21.2 Å². The number of rotatable bonds is 5. The summed E-state index contributed by atoms with van der Waals surface area (Å²) in [7, 11) is 0. The summed E-state index contributed by atoms with van der Waals surface area (Å²) in [6.07, 6.45) is 0. The fourth-order valence-corrected chi connectivity index (χ4v) is 9.92. The summed E-state index contributed by atoms with van der Waals surface area (Å²) in [6.45, 7) is 0. The van der Waals surface area contributed by atoms with Gasteiger partial charge in [0.15, 0.2) is 0 Å². The van der Waals surface area contributed by atoms with Gasteiger partial charge in [0.2, 0.25) is 0 Å². The Labute approximate surface area is 174 Å². The van der Waals surface area contributed by atoms with Crippen molar-refractivity contribution < 1.29 is 4.92 Å². The van der Waals surface area contributed by atoms with Crippen molar-refractivity contribution >= 4 is 44.1 Å². The van der Waals surface area contributed by atoms with Crippen molar-refractivity contribution in [2.24, 2.45) is 0 Å². The van der Waals surface area contributed by atoms with E-state index in [1.807, 2.05) is 91.0 Å². The van der Waals surface area contributed by atoms with E-state index < -0.39 is 5.96 Å². The first-order valence-corrected chi connectivity index (χ1v) is 12.3. The van der Waals surface area contributed by atoms with E-state index in [0.29, 0.717) is 0 Å². The SMILES string of the molecule is O=[N+]([O-])c1ccc(P(Cl)(c2ccccc2)(c2ccccc2)c2ccccc2)cc1. The molecular formula is C24H19ClNO2P. The molecule has 4 rings (SSSR count). The van der Waals surface area contributed by atoms with Crippen LogP contribution in [0.25, 0.3) is 0 Å². The zero-order valence-corrected chi connectivity index (χ0v) is 17.2. The van der Waals surface area contributed by atoms with Crippen molar-refractivity contribution in [3.05, 3.63) is 125 Å². The molecule has 0 aliphatic carbocycles. The molecule has 0 saturated carbocycles. The number of halogens is 1. The van der Waals surface area contributed by atoms with E-state index in [1.54, 1.807) is 12.1 Å². The predicted octanol–water partition coefficient (Wildman–Crippen LogP) is 4.90. The second-order valence-corrected chi connectivity index (χ2v) is 12.9. The summed E-state index contributed by atoms with van der Waals surface area (Å²) in [5, 5.41) is 15.1. The zero-order valence-electron chi connectivity index (χ0n) is 15.6. The van der Waals surface area contributed by atoms with Crippen LogP contribution in [-0.4, -0.2) is 4.92 Å². The summed E-state index contributed by atoms with van der Waals surface area (Å²) >= 11 is 7.99. The van der Waals surface area contributed by atoms with Gasteiger partial charge in [0.05, 0.1) is 0 Å². The Morgan fingerprint density at radius 1 is 0.552 bits per heavy atom. The topological polar surface area (TPSA) is 43.1 Å². The molecule has 144 valence electrons. The van der Waals surface area contributed by atoms with E-state index in [4.69, 9.17) is 11.2 Å². The molecular weight excluding hydrogens is 401 g/mol. The zero-order chi connectivity index (χ0) is 20.3. The molecule has 0 aromatic heterocycles. The van der Waals surface area contributed by atoms with Gasteiger partial charge in [-0.25, -0.2) is 0 Å². The molecule has 0 spiro atoms. The Morgan fingerprint density at radius 2 is 0.862 bits per heavy atom. The average Bonchev–Trinajstić information content (AvgIpc) is 2.80. The molecule has 4 aromatic rings. The van der Waals surface area contributed by atoms with Gasteiger partial charge in [-0.2, -0.15) is 0 Å². The maximum atomic E-state index is 11.2. The van der Waals surface area contributed by atoms with Gasteiger partial charge in [-0.15, -0.1) is 0 Å². The van der Waals surface area contributed by atoms with Crippen molar-refractivity contribution in [3.63, 3.8) is 0 Å². The standard InChI is InChI=1S/C24H19ClNO2P/c25-29(21-10-4-1-5-11-21,22-12-6-2-7-13-22,23-14-8-3-9-15-23)24-18-16-20(17-19-24)26(27)28/h1-19H. The molecule has 0 heterocycles. The number of hydrogen-bond acceptors (Lipinski definition) is 2. The number of hydrogen-bond donors (Lipinski definition) is 0. The minimum absolute atomic E-state index is 0.0460. The summed E-state index contributed by atoms with van der Waals surface area (Å²) in [4.78, 5) is 10.8. The molecule has 0 unspecified atom stereocenters. The molecule has 4 aromatic carbocycles. The number of nitro groups is 1. The fourth-order valence-electron chi connectivity index (χ4n) is 3.87. The van der Waals surface area contributed by atoms with Gasteiger partial charge in [-0.1, -0.05) is 0 Å². The molecule has 0 radical (unpaired) electrons. The number of nitrogens with zero attached hydrogens (tertiary/aromatic N) is 1. The third-order valence-corrected chi connectivity index (χ3v) is 12.7. The molecule has 0 N–H and O–H groups in total. The Balaban J connectivity index is 2.17. The molecule has 29 heavy (non-hydrogen) atoms. The van der Waals surface area contributed by atoms with Gasteiger partial charge in [0.1, 0.15) is 0 Å². The normalized spacial score (nSPS) is 12.7. The van der Waals surface area contributed by atoms with Gasteiger partial charge in [0.25, 0.3) is 0 Å².